The first-order valence-electron chi connectivity index (χ1n) is 12.8. The number of hydrogen-bond acceptors (Lipinski definition) is 4. The fourth-order valence-electron chi connectivity index (χ4n) is 9.23. The third-order valence-corrected chi connectivity index (χ3v) is 10.5. The van der Waals surface area contributed by atoms with Crippen LogP contribution in [0.1, 0.15) is 78.1 Å². The van der Waals surface area contributed by atoms with Crippen molar-refractivity contribution in [2.24, 2.45) is 70.3 Å². The number of Topliss-reactive ketones (excluding diaryl/α,β-unsaturated/α-hetero) is 1. The van der Waals surface area contributed by atoms with Crippen molar-refractivity contribution in [1.29, 1.82) is 0 Å². The minimum absolute atomic E-state index is 0.188. The molecule has 4 N–H and O–H groups in total. The fourth-order valence-corrected chi connectivity index (χ4v) is 9.23. The van der Waals surface area contributed by atoms with Gasteiger partial charge in [-0.3, -0.25) is 4.79 Å². The summed E-state index contributed by atoms with van der Waals surface area (Å²) in [7, 11) is 0. The minimum atomic E-state index is 0.188. The van der Waals surface area contributed by atoms with E-state index in [-0.39, 0.29) is 11.3 Å². The Hall–Kier alpha value is -1.03. The number of hydrogen-bond donors (Lipinski definition) is 2. The maximum absolute atomic E-state index is 13.4. The van der Waals surface area contributed by atoms with E-state index in [1.807, 2.05) is 0 Å². The number of nitrogens with two attached hydrogens (primary N) is 2. The lowest BCUT2D eigenvalue weighted by Gasteiger charge is -2.57. The summed E-state index contributed by atoms with van der Waals surface area (Å²) in [6.45, 7) is 5.26. The zero-order chi connectivity index (χ0) is 21.0. The van der Waals surface area contributed by atoms with Crippen LogP contribution in [0.25, 0.3) is 0 Å². The molecule has 30 heavy (non-hydrogen) atoms. The Balaban J connectivity index is 1.39. The first-order valence-corrected chi connectivity index (χ1v) is 12.8. The molecule has 0 spiro atoms. The number of carbonyl (C=O) groups is 1. The predicted molar refractivity (Wildman–Crippen MR) is 121 cm³/mol. The number of ketones is 1. The van der Waals surface area contributed by atoms with E-state index in [0.717, 1.165) is 53.8 Å². The maximum atomic E-state index is 13.4. The summed E-state index contributed by atoms with van der Waals surface area (Å²) < 4.78 is 0. The van der Waals surface area contributed by atoms with Gasteiger partial charge in [0, 0.05) is 18.3 Å². The molecule has 5 rings (SSSR count). The minimum Gasteiger partial charge on any atom is -0.403 e. The lowest BCUT2D eigenvalue weighted by Crippen LogP contribution is -2.51. The lowest BCUT2D eigenvalue weighted by atomic mass is 9.48. The van der Waals surface area contributed by atoms with Gasteiger partial charge in [0.15, 0.2) is 5.78 Å². The van der Waals surface area contributed by atoms with Crippen LogP contribution < -0.4 is 11.6 Å². The molecule has 0 saturated heterocycles. The van der Waals surface area contributed by atoms with Crippen LogP contribution >= 0.6 is 0 Å². The molecule has 4 nitrogen and oxygen atoms in total. The third-order valence-electron chi connectivity index (χ3n) is 10.5. The van der Waals surface area contributed by atoms with Crippen molar-refractivity contribution in [1.82, 2.24) is 5.01 Å². The highest BCUT2D eigenvalue weighted by molar-refractivity contribution is 5.84. The second kappa shape index (κ2) is 7.83. The number of fused-ring (bicyclic) bond motifs is 5. The predicted octanol–water partition coefficient (Wildman–Crippen LogP) is 4.70. The average Bonchev–Trinajstić information content (AvgIpc) is 3.49. The van der Waals surface area contributed by atoms with E-state index < -0.39 is 0 Å². The Labute approximate surface area is 183 Å². The number of nitrogens with zero attached hydrogens (tertiary/aromatic N) is 1. The largest absolute Gasteiger partial charge is 0.403 e. The molecular formula is C26H43N3O. The molecule has 5 fully saturated rings. The van der Waals surface area contributed by atoms with E-state index in [9.17, 15) is 4.79 Å². The van der Waals surface area contributed by atoms with Crippen molar-refractivity contribution in [3.8, 4) is 0 Å². The van der Waals surface area contributed by atoms with Gasteiger partial charge < -0.3 is 10.7 Å². The van der Waals surface area contributed by atoms with Crippen LogP contribution in [0.4, 0.5) is 0 Å². The highest BCUT2D eigenvalue weighted by Gasteiger charge is 2.63. The fraction of sp³-hybridized carbons (Fsp3) is 0.885. The summed E-state index contributed by atoms with van der Waals surface area (Å²) in [5, 5.41) is 1.48. The van der Waals surface area contributed by atoms with Crippen LogP contribution in [0.2, 0.25) is 0 Å². The highest BCUT2D eigenvalue weighted by atomic mass is 16.1. The number of hydrazine groups is 1. The maximum Gasteiger partial charge on any atom is 0.157 e. The molecule has 4 heteroatoms. The molecule has 0 radical (unpaired) electrons. The zero-order valence-corrected chi connectivity index (χ0v) is 19.1. The highest BCUT2D eigenvalue weighted by Crippen LogP contribution is 2.69. The van der Waals surface area contributed by atoms with Gasteiger partial charge in [0.05, 0.1) is 6.54 Å². The van der Waals surface area contributed by atoms with Gasteiger partial charge in [-0.1, -0.05) is 20.3 Å². The summed E-state index contributed by atoms with van der Waals surface area (Å²) in [5.41, 5.74) is 5.67. The Bertz CT molecular complexity index is 688. The first-order chi connectivity index (χ1) is 14.4. The molecule has 5 saturated carbocycles. The monoisotopic (exact) mass is 413 g/mol. The van der Waals surface area contributed by atoms with Gasteiger partial charge in [-0.05, 0) is 111 Å². The molecule has 5 aliphatic carbocycles. The summed E-state index contributed by atoms with van der Waals surface area (Å²) >= 11 is 0. The Morgan fingerprint density at radius 3 is 2.43 bits per heavy atom. The van der Waals surface area contributed by atoms with Gasteiger partial charge in [-0.25, -0.2) is 5.84 Å². The van der Waals surface area contributed by atoms with Crippen molar-refractivity contribution in [3.63, 3.8) is 0 Å². The van der Waals surface area contributed by atoms with E-state index in [1.54, 1.807) is 6.20 Å². The molecule has 9 unspecified atom stereocenters. The van der Waals surface area contributed by atoms with Crippen molar-refractivity contribution in [3.05, 3.63) is 12.4 Å². The normalized spacial score (nSPS) is 48.1. The molecule has 0 aromatic rings. The SMILES string of the molecule is CC1CCC2C(CCC3C2CCC2(C)C(C(=O)CN(N)/C=C\N)CC(C4CC4)C32)C1. The lowest BCUT2D eigenvalue weighted by molar-refractivity contribution is -0.131. The van der Waals surface area contributed by atoms with Crippen LogP contribution in [-0.2, 0) is 4.79 Å². The quantitative estimate of drug-likeness (QED) is 0.506. The summed E-state index contributed by atoms with van der Waals surface area (Å²) in [6.07, 6.45) is 16.9. The van der Waals surface area contributed by atoms with Crippen LogP contribution in [-0.4, -0.2) is 17.3 Å². The zero-order valence-electron chi connectivity index (χ0n) is 19.1. The first kappa shape index (κ1) is 20.8. The van der Waals surface area contributed by atoms with E-state index in [4.69, 9.17) is 11.6 Å². The van der Waals surface area contributed by atoms with E-state index in [1.165, 1.54) is 69.0 Å². The molecular weight excluding hydrogens is 370 g/mol. The molecule has 0 heterocycles. The molecule has 0 aliphatic heterocycles. The molecule has 5 aliphatic rings. The number of rotatable bonds is 5. The van der Waals surface area contributed by atoms with Gasteiger partial charge in [-0.15, -0.1) is 0 Å². The topological polar surface area (TPSA) is 72.3 Å². The standard InChI is InChI=1S/C26H43N3O/c1-16-3-7-19-18(13-16)6-8-21-20(19)9-10-26(2)23(24(30)15-29(28)12-11-27)14-22(25(21)26)17-4-5-17/h11-12,16-23,25H,3-10,13-15,27-28H2,1-2H3/b12-11-. The summed E-state index contributed by atoms with van der Waals surface area (Å²) in [4.78, 5) is 13.4. The smallest absolute Gasteiger partial charge is 0.157 e. The van der Waals surface area contributed by atoms with E-state index in [2.05, 4.69) is 13.8 Å². The Kier molecular flexibility index (Phi) is 5.44. The second-order valence-electron chi connectivity index (χ2n) is 12.1. The van der Waals surface area contributed by atoms with Crippen molar-refractivity contribution < 1.29 is 4.79 Å². The molecule has 0 bridgehead atoms. The number of carbonyl (C=O) groups excluding carboxylic acids is 1. The van der Waals surface area contributed by atoms with E-state index in [0.29, 0.717) is 12.3 Å². The van der Waals surface area contributed by atoms with Gasteiger partial charge in [0.1, 0.15) is 0 Å². The van der Waals surface area contributed by atoms with Crippen LogP contribution in [0.15, 0.2) is 12.4 Å². The molecule has 0 amide bonds. The molecule has 9 atom stereocenters. The van der Waals surface area contributed by atoms with E-state index >= 15 is 0 Å². The van der Waals surface area contributed by atoms with Crippen molar-refractivity contribution in [2.45, 2.75) is 78.1 Å². The summed E-state index contributed by atoms with van der Waals surface area (Å²) in [5.74, 6) is 13.7. The van der Waals surface area contributed by atoms with Crippen molar-refractivity contribution in [2.75, 3.05) is 6.54 Å². The van der Waals surface area contributed by atoms with Gasteiger partial charge in [-0.2, -0.15) is 0 Å². The molecule has 168 valence electrons. The van der Waals surface area contributed by atoms with Gasteiger partial charge in [0.2, 0.25) is 0 Å². The van der Waals surface area contributed by atoms with Gasteiger partial charge in [0.25, 0.3) is 0 Å². The van der Waals surface area contributed by atoms with Crippen LogP contribution in [0.5, 0.6) is 0 Å². The second-order valence-corrected chi connectivity index (χ2v) is 12.1. The van der Waals surface area contributed by atoms with Gasteiger partial charge >= 0.3 is 0 Å². The molecule has 0 aromatic carbocycles. The van der Waals surface area contributed by atoms with Crippen molar-refractivity contribution >= 4 is 5.78 Å². The Morgan fingerprint density at radius 1 is 0.967 bits per heavy atom. The molecule has 0 aromatic heterocycles. The van der Waals surface area contributed by atoms with Crippen LogP contribution in [0, 0.1) is 58.7 Å². The average molecular weight is 414 g/mol. The third kappa shape index (κ3) is 3.42. The van der Waals surface area contributed by atoms with Crippen LogP contribution in [0.3, 0.4) is 0 Å². The Morgan fingerprint density at radius 2 is 1.70 bits per heavy atom. The summed E-state index contributed by atoms with van der Waals surface area (Å²) in [6, 6.07) is 0.